The minimum Gasteiger partial charge on any atom is -0.446 e. The van der Waals surface area contributed by atoms with Crippen molar-refractivity contribution in [2.24, 2.45) is 23.2 Å². The van der Waals surface area contributed by atoms with Crippen molar-refractivity contribution in [2.75, 3.05) is 0 Å². The maximum Gasteiger partial charge on any atom is 0.195 e. The van der Waals surface area contributed by atoms with Crippen LogP contribution in [-0.2, 0) is 12.8 Å². The number of nitriles is 1. The Bertz CT molecular complexity index is 531. The molecule has 4 saturated carbocycles. The van der Waals surface area contributed by atoms with Gasteiger partial charge in [-0.25, -0.2) is 4.98 Å². The van der Waals surface area contributed by atoms with Crippen molar-refractivity contribution in [1.29, 1.82) is 5.26 Å². The second kappa shape index (κ2) is 4.35. The van der Waals surface area contributed by atoms with E-state index in [1.807, 2.05) is 6.92 Å². The number of aromatic nitrogens is 1. The van der Waals surface area contributed by atoms with Crippen molar-refractivity contribution < 1.29 is 4.42 Å². The Balaban J connectivity index is 1.57. The van der Waals surface area contributed by atoms with Gasteiger partial charge in [-0.1, -0.05) is 0 Å². The first-order valence-corrected chi connectivity index (χ1v) is 7.98. The molecule has 0 aromatic carbocycles. The van der Waals surface area contributed by atoms with E-state index >= 15 is 0 Å². The highest BCUT2D eigenvalue weighted by Crippen LogP contribution is 2.60. The number of aryl methyl sites for hydroxylation is 1. The fourth-order valence-corrected chi connectivity index (χ4v) is 5.63. The molecular weight excluding hydrogens is 248 g/mol. The molecule has 1 heterocycles. The summed E-state index contributed by atoms with van der Waals surface area (Å²) in [7, 11) is 0. The van der Waals surface area contributed by atoms with Gasteiger partial charge >= 0.3 is 0 Å². The molecule has 0 unspecified atom stereocenters. The fourth-order valence-electron chi connectivity index (χ4n) is 5.63. The molecule has 20 heavy (non-hydrogen) atoms. The summed E-state index contributed by atoms with van der Waals surface area (Å²) in [6, 6.07) is 2.18. The summed E-state index contributed by atoms with van der Waals surface area (Å²) in [6.07, 6.45) is 9.95. The van der Waals surface area contributed by atoms with Gasteiger partial charge in [-0.3, -0.25) is 0 Å². The maximum absolute atomic E-state index is 8.82. The summed E-state index contributed by atoms with van der Waals surface area (Å²) < 4.78 is 5.84. The molecule has 4 bridgehead atoms. The molecule has 0 saturated heterocycles. The van der Waals surface area contributed by atoms with E-state index in [4.69, 9.17) is 9.68 Å². The van der Waals surface area contributed by atoms with Gasteiger partial charge < -0.3 is 4.42 Å². The molecule has 4 fully saturated rings. The summed E-state index contributed by atoms with van der Waals surface area (Å²) in [5, 5.41) is 8.82. The van der Waals surface area contributed by atoms with Crippen LogP contribution in [0.3, 0.4) is 0 Å². The number of hydrogen-bond acceptors (Lipinski definition) is 3. The molecule has 4 aliphatic rings. The highest BCUT2D eigenvalue weighted by Gasteiger charge is 2.51. The van der Waals surface area contributed by atoms with Crippen molar-refractivity contribution in [3.8, 4) is 6.07 Å². The van der Waals surface area contributed by atoms with Crippen molar-refractivity contribution in [3.63, 3.8) is 0 Å². The van der Waals surface area contributed by atoms with Gasteiger partial charge in [0, 0.05) is 6.42 Å². The van der Waals surface area contributed by atoms with Crippen LogP contribution in [0.1, 0.15) is 55.9 Å². The van der Waals surface area contributed by atoms with Crippen molar-refractivity contribution in [1.82, 2.24) is 4.98 Å². The average molecular weight is 270 g/mol. The van der Waals surface area contributed by atoms with E-state index in [-0.39, 0.29) is 0 Å². The normalized spacial score (nSPS) is 38.1. The first-order chi connectivity index (χ1) is 9.66. The Hall–Kier alpha value is -1.30. The highest BCUT2D eigenvalue weighted by molar-refractivity contribution is 5.14. The van der Waals surface area contributed by atoms with Crippen LogP contribution in [0.5, 0.6) is 0 Å². The SMILES string of the molecule is Cc1oc(CC23CC4CC(CC(C4)C2)C3)nc1CC#N. The van der Waals surface area contributed by atoms with Gasteiger partial charge in [0.1, 0.15) is 5.76 Å². The van der Waals surface area contributed by atoms with Gasteiger partial charge in [0.05, 0.1) is 18.2 Å². The third-order valence-corrected chi connectivity index (χ3v) is 5.87. The van der Waals surface area contributed by atoms with E-state index in [0.717, 1.165) is 41.5 Å². The van der Waals surface area contributed by atoms with Gasteiger partial charge in [-0.2, -0.15) is 5.26 Å². The van der Waals surface area contributed by atoms with Gasteiger partial charge in [0.2, 0.25) is 0 Å². The Kier molecular flexibility index (Phi) is 2.70. The maximum atomic E-state index is 8.82. The lowest BCUT2D eigenvalue weighted by molar-refractivity contribution is -0.0551. The quantitative estimate of drug-likeness (QED) is 0.839. The number of nitrogens with zero attached hydrogens (tertiary/aromatic N) is 2. The first kappa shape index (κ1) is 12.4. The van der Waals surface area contributed by atoms with Crippen LogP contribution in [0.2, 0.25) is 0 Å². The lowest BCUT2D eigenvalue weighted by Crippen LogP contribution is -2.47. The van der Waals surface area contributed by atoms with E-state index in [1.165, 1.54) is 38.5 Å². The van der Waals surface area contributed by atoms with E-state index in [1.54, 1.807) is 0 Å². The van der Waals surface area contributed by atoms with Crippen molar-refractivity contribution in [3.05, 3.63) is 17.3 Å². The Labute approximate surface area is 120 Å². The molecular formula is C17H22N2O. The van der Waals surface area contributed by atoms with Crippen LogP contribution in [0, 0.1) is 41.4 Å². The Morgan fingerprint density at radius 1 is 1.20 bits per heavy atom. The van der Waals surface area contributed by atoms with Gasteiger partial charge in [-0.05, 0) is 68.6 Å². The molecule has 0 N–H and O–H groups in total. The third kappa shape index (κ3) is 1.97. The van der Waals surface area contributed by atoms with Crippen LogP contribution in [0.25, 0.3) is 0 Å². The molecule has 0 spiro atoms. The topological polar surface area (TPSA) is 49.8 Å². The Morgan fingerprint density at radius 2 is 1.80 bits per heavy atom. The van der Waals surface area contributed by atoms with Crippen LogP contribution < -0.4 is 0 Å². The second-order valence-corrected chi connectivity index (χ2v) is 7.54. The van der Waals surface area contributed by atoms with E-state index in [0.29, 0.717) is 11.8 Å². The molecule has 1 aromatic rings. The molecule has 3 nitrogen and oxygen atoms in total. The second-order valence-electron chi connectivity index (χ2n) is 7.54. The lowest BCUT2D eigenvalue weighted by Gasteiger charge is -2.56. The molecule has 0 amide bonds. The van der Waals surface area contributed by atoms with Crippen LogP contribution in [-0.4, -0.2) is 4.98 Å². The zero-order valence-corrected chi connectivity index (χ0v) is 12.2. The summed E-state index contributed by atoms with van der Waals surface area (Å²) >= 11 is 0. The molecule has 1 aromatic heterocycles. The van der Waals surface area contributed by atoms with Gasteiger partial charge in [0.25, 0.3) is 0 Å². The molecule has 0 atom stereocenters. The standard InChI is InChI=1S/C17H22N2O/c1-11-15(2-3-18)19-16(20-11)10-17-7-12-4-13(8-17)6-14(5-12)9-17/h12-14H,2,4-10H2,1H3. The number of rotatable bonds is 3. The lowest BCUT2D eigenvalue weighted by atomic mass is 9.49. The van der Waals surface area contributed by atoms with E-state index in [9.17, 15) is 0 Å². The summed E-state index contributed by atoms with van der Waals surface area (Å²) in [5.74, 6) is 4.63. The minimum atomic E-state index is 0.371. The smallest absolute Gasteiger partial charge is 0.195 e. The predicted octanol–water partition coefficient (Wildman–Crippen LogP) is 3.81. The van der Waals surface area contributed by atoms with E-state index < -0.39 is 0 Å². The average Bonchev–Trinajstić information content (AvgIpc) is 2.67. The van der Waals surface area contributed by atoms with E-state index in [2.05, 4.69) is 11.1 Å². The fraction of sp³-hybridized carbons (Fsp3) is 0.765. The van der Waals surface area contributed by atoms with Crippen LogP contribution in [0.15, 0.2) is 4.42 Å². The van der Waals surface area contributed by atoms with Crippen LogP contribution in [0.4, 0.5) is 0 Å². The predicted molar refractivity (Wildman–Crippen MR) is 74.9 cm³/mol. The molecule has 0 aliphatic heterocycles. The van der Waals surface area contributed by atoms with Gasteiger partial charge in [-0.15, -0.1) is 0 Å². The molecule has 3 heteroatoms. The minimum absolute atomic E-state index is 0.371. The third-order valence-electron chi connectivity index (χ3n) is 5.87. The highest BCUT2D eigenvalue weighted by atomic mass is 16.4. The molecule has 0 radical (unpaired) electrons. The largest absolute Gasteiger partial charge is 0.446 e. The monoisotopic (exact) mass is 270 g/mol. The zero-order chi connectivity index (χ0) is 13.7. The zero-order valence-electron chi connectivity index (χ0n) is 12.2. The summed E-state index contributed by atoms with van der Waals surface area (Å²) in [5.41, 5.74) is 1.31. The Morgan fingerprint density at radius 3 is 2.35 bits per heavy atom. The van der Waals surface area contributed by atoms with Crippen molar-refractivity contribution >= 4 is 0 Å². The first-order valence-electron chi connectivity index (χ1n) is 7.98. The van der Waals surface area contributed by atoms with Crippen molar-refractivity contribution in [2.45, 2.75) is 58.3 Å². The summed E-state index contributed by atoms with van der Waals surface area (Å²) in [6.45, 7) is 1.93. The van der Waals surface area contributed by atoms with Crippen LogP contribution >= 0.6 is 0 Å². The summed E-state index contributed by atoms with van der Waals surface area (Å²) in [4.78, 5) is 4.59. The van der Waals surface area contributed by atoms with Gasteiger partial charge in [0.15, 0.2) is 5.89 Å². The molecule has 5 rings (SSSR count). The number of oxazole rings is 1. The molecule has 106 valence electrons. The number of hydrogen-bond donors (Lipinski definition) is 0. The molecule has 4 aliphatic carbocycles.